The number of hydrogen-bond donors (Lipinski definition) is 3. The maximum atomic E-state index is 5.02. The summed E-state index contributed by atoms with van der Waals surface area (Å²) in [6.45, 7) is 2.20. The summed E-state index contributed by atoms with van der Waals surface area (Å²) in [6, 6.07) is 0. The Bertz CT molecular complexity index is 158. The first-order chi connectivity index (χ1) is 6.31. The van der Waals surface area contributed by atoms with Crippen molar-refractivity contribution >= 4 is 23.5 Å². The zero-order chi connectivity index (χ0) is 9.94. The monoisotopic (exact) mass is 202 g/mol. The summed E-state index contributed by atoms with van der Waals surface area (Å²) in [5.74, 6) is 5.02. The summed E-state index contributed by atoms with van der Waals surface area (Å²) >= 11 is 4.71. The predicted molar refractivity (Wildman–Crippen MR) is 60.3 cm³/mol. The third-order valence-corrected chi connectivity index (χ3v) is 1.78. The number of unbranched alkanes of at least 4 members (excludes halogenated alkanes) is 4. The van der Waals surface area contributed by atoms with Crippen LogP contribution in [-0.4, -0.2) is 11.3 Å². The van der Waals surface area contributed by atoms with Gasteiger partial charge in [-0.3, -0.25) is 10.9 Å². The number of rotatable bonds is 6. The van der Waals surface area contributed by atoms with E-state index >= 15 is 0 Å². The van der Waals surface area contributed by atoms with E-state index < -0.39 is 0 Å². The topological polar surface area (TPSA) is 62.4 Å². The van der Waals surface area contributed by atoms with Gasteiger partial charge in [-0.25, -0.2) is 5.84 Å². The summed E-state index contributed by atoms with van der Waals surface area (Å²) in [6.07, 6.45) is 7.81. The summed E-state index contributed by atoms with van der Waals surface area (Å²) in [5.41, 5.74) is 4.87. The van der Waals surface area contributed by atoms with E-state index in [1.54, 1.807) is 0 Å². The maximum absolute atomic E-state index is 5.02. The molecule has 0 heterocycles. The first-order valence-corrected chi connectivity index (χ1v) is 5.00. The van der Waals surface area contributed by atoms with Crippen LogP contribution < -0.4 is 16.7 Å². The highest BCUT2D eigenvalue weighted by Crippen LogP contribution is 1.99. The van der Waals surface area contributed by atoms with Crippen LogP contribution in [-0.2, 0) is 0 Å². The molecule has 0 radical (unpaired) electrons. The van der Waals surface area contributed by atoms with Gasteiger partial charge in [0.15, 0.2) is 0 Å². The normalized spacial score (nSPS) is 10.3. The lowest BCUT2D eigenvalue weighted by Gasteiger charge is -1.99. The summed E-state index contributed by atoms with van der Waals surface area (Å²) in [4.78, 5) is 0. The van der Waals surface area contributed by atoms with Gasteiger partial charge in [0.05, 0.1) is 0 Å². The zero-order valence-corrected chi connectivity index (χ0v) is 8.86. The van der Waals surface area contributed by atoms with E-state index in [1.807, 2.05) is 6.21 Å². The molecule has 0 aromatic rings. The molecular weight excluding hydrogens is 184 g/mol. The molecule has 0 saturated carbocycles. The van der Waals surface area contributed by atoms with Crippen molar-refractivity contribution < 1.29 is 0 Å². The lowest BCUT2D eigenvalue weighted by Crippen LogP contribution is -2.37. The largest absolute Gasteiger partial charge is 0.300 e. The van der Waals surface area contributed by atoms with Gasteiger partial charge in [-0.2, -0.15) is 5.10 Å². The van der Waals surface area contributed by atoms with Crippen LogP contribution in [0.25, 0.3) is 0 Å². The van der Waals surface area contributed by atoms with Crippen molar-refractivity contribution in [3.05, 3.63) is 0 Å². The number of nitrogens with one attached hydrogen (secondary N) is 2. The van der Waals surface area contributed by atoms with E-state index in [9.17, 15) is 0 Å². The van der Waals surface area contributed by atoms with Crippen molar-refractivity contribution in [3.8, 4) is 0 Å². The lowest BCUT2D eigenvalue weighted by molar-refractivity contribution is 0.684. The fourth-order valence-corrected chi connectivity index (χ4v) is 0.916. The van der Waals surface area contributed by atoms with E-state index in [1.165, 1.54) is 25.7 Å². The van der Waals surface area contributed by atoms with Gasteiger partial charge >= 0.3 is 0 Å². The molecule has 0 aliphatic heterocycles. The highest BCUT2D eigenvalue weighted by Gasteiger charge is 1.86. The Kier molecular flexibility index (Phi) is 8.92. The third kappa shape index (κ3) is 9.23. The average molecular weight is 202 g/mol. The van der Waals surface area contributed by atoms with Gasteiger partial charge in [0, 0.05) is 6.21 Å². The SMILES string of the molecule is CCCCCC/C=N/NC(=S)NN. The Morgan fingerprint density at radius 1 is 1.46 bits per heavy atom. The minimum Gasteiger partial charge on any atom is -0.300 e. The molecule has 4 nitrogen and oxygen atoms in total. The zero-order valence-electron chi connectivity index (χ0n) is 8.05. The Morgan fingerprint density at radius 2 is 2.23 bits per heavy atom. The highest BCUT2D eigenvalue weighted by molar-refractivity contribution is 7.80. The summed E-state index contributed by atoms with van der Waals surface area (Å²) in [5, 5.41) is 4.22. The molecule has 0 aliphatic carbocycles. The molecular formula is C8H18N4S. The average Bonchev–Trinajstić information content (AvgIpc) is 2.16. The van der Waals surface area contributed by atoms with Gasteiger partial charge in [-0.05, 0) is 25.1 Å². The minimum absolute atomic E-state index is 0.338. The number of nitrogens with two attached hydrogens (primary N) is 1. The van der Waals surface area contributed by atoms with E-state index in [-0.39, 0.29) is 0 Å². The second-order valence-electron chi connectivity index (χ2n) is 2.75. The molecule has 0 aromatic heterocycles. The van der Waals surface area contributed by atoms with Crippen molar-refractivity contribution in [1.82, 2.24) is 10.9 Å². The highest BCUT2D eigenvalue weighted by atomic mass is 32.1. The van der Waals surface area contributed by atoms with Gasteiger partial charge in [-0.1, -0.05) is 26.2 Å². The number of hydrogen-bond acceptors (Lipinski definition) is 3. The fourth-order valence-electron chi connectivity index (χ4n) is 0.863. The van der Waals surface area contributed by atoms with Gasteiger partial charge in [0.25, 0.3) is 0 Å². The molecule has 0 saturated heterocycles. The number of nitrogens with zero attached hydrogens (tertiary/aromatic N) is 1. The first-order valence-electron chi connectivity index (χ1n) is 4.59. The van der Waals surface area contributed by atoms with Crippen LogP contribution in [0, 0.1) is 0 Å². The van der Waals surface area contributed by atoms with Crippen molar-refractivity contribution in [1.29, 1.82) is 0 Å². The molecule has 0 spiro atoms. The van der Waals surface area contributed by atoms with E-state index in [4.69, 9.17) is 18.1 Å². The van der Waals surface area contributed by atoms with Crippen LogP contribution >= 0.6 is 12.2 Å². The van der Waals surface area contributed by atoms with Crippen LogP contribution in [0.4, 0.5) is 0 Å². The molecule has 13 heavy (non-hydrogen) atoms. The summed E-state index contributed by atoms with van der Waals surface area (Å²) in [7, 11) is 0. The molecule has 0 atom stereocenters. The fraction of sp³-hybridized carbons (Fsp3) is 0.750. The van der Waals surface area contributed by atoms with Gasteiger partial charge < -0.3 is 0 Å². The Balaban J connectivity index is 3.17. The first kappa shape index (κ1) is 12.3. The quantitative estimate of drug-likeness (QED) is 0.200. The Labute approximate surface area is 84.9 Å². The number of thiocarbonyl (C=S) groups is 1. The molecule has 4 N–H and O–H groups in total. The Hall–Kier alpha value is -0.680. The van der Waals surface area contributed by atoms with Gasteiger partial charge in [-0.15, -0.1) is 0 Å². The minimum atomic E-state index is 0.338. The van der Waals surface area contributed by atoms with Crippen LogP contribution in [0.1, 0.15) is 39.0 Å². The second kappa shape index (κ2) is 9.41. The molecule has 76 valence electrons. The van der Waals surface area contributed by atoms with E-state index in [0.29, 0.717) is 5.11 Å². The molecule has 0 rings (SSSR count). The maximum Gasteiger partial charge on any atom is 0.201 e. The lowest BCUT2D eigenvalue weighted by atomic mass is 10.2. The standard InChI is InChI=1S/C8H18N4S/c1-2-3-4-5-6-7-10-12-8(13)11-9/h7H,2-6,9H2,1H3,(H2,11,12,13)/b10-7+. The van der Waals surface area contributed by atoms with Crippen LogP contribution in [0.3, 0.4) is 0 Å². The molecule has 0 aromatic carbocycles. The summed E-state index contributed by atoms with van der Waals surface area (Å²) < 4.78 is 0. The number of hydrazine groups is 1. The van der Waals surface area contributed by atoms with Crippen molar-refractivity contribution in [2.24, 2.45) is 10.9 Å². The van der Waals surface area contributed by atoms with Crippen LogP contribution in [0.15, 0.2) is 5.10 Å². The molecule has 0 aliphatic rings. The van der Waals surface area contributed by atoms with Crippen LogP contribution in [0.5, 0.6) is 0 Å². The molecule has 0 amide bonds. The molecule has 0 bridgehead atoms. The van der Waals surface area contributed by atoms with E-state index in [2.05, 4.69) is 22.9 Å². The molecule has 5 heteroatoms. The third-order valence-electron chi connectivity index (χ3n) is 1.58. The predicted octanol–water partition coefficient (Wildman–Crippen LogP) is 1.28. The van der Waals surface area contributed by atoms with Crippen molar-refractivity contribution in [2.75, 3.05) is 0 Å². The Morgan fingerprint density at radius 3 is 2.85 bits per heavy atom. The van der Waals surface area contributed by atoms with E-state index in [0.717, 1.165) is 6.42 Å². The molecule has 0 fully saturated rings. The number of hydrazone groups is 1. The smallest absolute Gasteiger partial charge is 0.201 e. The van der Waals surface area contributed by atoms with Crippen molar-refractivity contribution in [3.63, 3.8) is 0 Å². The van der Waals surface area contributed by atoms with Gasteiger partial charge in [0.1, 0.15) is 0 Å². The van der Waals surface area contributed by atoms with Crippen LogP contribution in [0.2, 0.25) is 0 Å². The molecule has 0 unspecified atom stereocenters. The second-order valence-corrected chi connectivity index (χ2v) is 3.15. The van der Waals surface area contributed by atoms with Gasteiger partial charge in [0.2, 0.25) is 5.11 Å². The van der Waals surface area contributed by atoms with Crippen molar-refractivity contribution in [2.45, 2.75) is 39.0 Å².